The molecule has 1 unspecified atom stereocenters. The van der Waals surface area contributed by atoms with Crippen molar-refractivity contribution in [1.82, 2.24) is 0 Å². The summed E-state index contributed by atoms with van der Waals surface area (Å²) in [5.74, 6) is -0.416. The minimum absolute atomic E-state index is 0.146. The lowest BCUT2D eigenvalue weighted by Crippen LogP contribution is -2.47. The number of aliphatic imine (C=N–C) groups is 4. The molecule has 6 heteroatoms. The van der Waals surface area contributed by atoms with E-state index in [1.54, 1.807) is 0 Å². The Kier molecular flexibility index (Phi) is 8.29. The first-order chi connectivity index (χ1) is 12.5. The van der Waals surface area contributed by atoms with Gasteiger partial charge in [-0.25, -0.2) is 20.0 Å². The van der Waals surface area contributed by atoms with Gasteiger partial charge in [0, 0.05) is 6.42 Å². The van der Waals surface area contributed by atoms with Crippen LogP contribution in [-0.4, -0.2) is 35.7 Å². The zero-order chi connectivity index (χ0) is 18.8. The van der Waals surface area contributed by atoms with Crippen LogP contribution in [0.25, 0.3) is 0 Å². The number of carbonyl (C=O) groups excluding carboxylic acids is 1. The molecule has 6 nitrogen and oxygen atoms in total. The highest BCUT2D eigenvalue weighted by molar-refractivity contribution is 6.65. The number of hydrogen-bond donors (Lipinski definition) is 1. The van der Waals surface area contributed by atoms with E-state index in [4.69, 9.17) is 5.73 Å². The van der Waals surface area contributed by atoms with E-state index >= 15 is 0 Å². The molecule has 1 atom stereocenters. The second-order valence-corrected chi connectivity index (χ2v) is 7.72. The molecule has 0 aromatic heterocycles. The van der Waals surface area contributed by atoms with Gasteiger partial charge in [0.1, 0.15) is 12.1 Å². The maximum Gasteiger partial charge on any atom is 0.264 e. The van der Waals surface area contributed by atoms with Gasteiger partial charge in [-0.05, 0) is 12.3 Å². The Morgan fingerprint density at radius 2 is 1.65 bits per heavy atom. The zero-order valence-electron chi connectivity index (χ0n) is 16.3. The number of unbranched alkanes of at least 4 members (excludes halogenated alkanes) is 8. The molecule has 0 spiro atoms. The van der Waals surface area contributed by atoms with Gasteiger partial charge in [-0.15, -0.1) is 0 Å². The van der Waals surface area contributed by atoms with Gasteiger partial charge in [0.05, 0.1) is 6.21 Å². The van der Waals surface area contributed by atoms with Crippen LogP contribution in [0.4, 0.5) is 0 Å². The topological polar surface area (TPSA) is 92.5 Å². The second-order valence-electron chi connectivity index (χ2n) is 7.72. The largest absolute Gasteiger partial charge is 0.293 e. The van der Waals surface area contributed by atoms with Crippen molar-refractivity contribution in [3.05, 3.63) is 0 Å². The predicted octanol–water partition coefficient (Wildman–Crippen LogP) is 4.08. The molecule has 0 bridgehead atoms. The van der Waals surface area contributed by atoms with E-state index in [9.17, 15) is 4.79 Å². The third-order valence-corrected chi connectivity index (χ3v) is 4.86. The number of nitrogens with two attached hydrogens (primary N) is 1. The summed E-state index contributed by atoms with van der Waals surface area (Å²) in [5.41, 5.74) is 6.61. The second kappa shape index (κ2) is 10.5. The Balaban J connectivity index is 1.51. The summed E-state index contributed by atoms with van der Waals surface area (Å²) in [5, 5.41) is 0. The molecule has 26 heavy (non-hydrogen) atoms. The molecular formula is C20H33N5O. The van der Waals surface area contributed by atoms with Crippen LogP contribution in [0, 0.1) is 5.92 Å². The number of fused-ring (bicyclic) bond motifs is 1. The lowest BCUT2D eigenvalue weighted by atomic mass is 10.0. The summed E-state index contributed by atoms with van der Waals surface area (Å²) in [6, 6.07) is 0. The smallest absolute Gasteiger partial charge is 0.264 e. The first kappa shape index (κ1) is 20.6. The highest BCUT2D eigenvalue weighted by atomic mass is 16.1. The number of nitrogens with zero attached hydrogens (tertiary/aromatic N) is 4. The van der Waals surface area contributed by atoms with E-state index in [-0.39, 0.29) is 5.78 Å². The lowest BCUT2D eigenvalue weighted by molar-refractivity contribution is -0.123. The normalized spacial score (nSPS) is 21.1. The lowest BCUT2D eigenvalue weighted by Gasteiger charge is -2.21. The van der Waals surface area contributed by atoms with E-state index in [0.29, 0.717) is 18.0 Å². The maximum atomic E-state index is 12.4. The monoisotopic (exact) mass is 359 g/mol. The molecule has 0 saturated carbocycles. The molecule has 2 aliphatic rings. The summed E-state index contributed by atoms with van der Waals surface area (Å²) in [4.78, 5) is 28.6. The van der Waals surface area contributed by atoms with Gasteiger partial charge >= 0.3 is 0 Å². The van der Waals surface area contributed by atoms with Gasteiger partial charge in [-0.2, -0.15) is 0 Å². The summed E-state index contributed by atoms with van der Waals surface area (Å²) in [6.07, 6.45) is 15.7. The van der Waals surface area contributed by atoms with Crippen LogP contribution in [0.1, 0.15) is 84.5 Å². The van der Waals surface area contributed by atoms with E-state index in [1.807, 2.05) is 0 Å². The average molecular weight is 360 g/mol. The van der Waals surface area contributed by atoms with Crippen molar-refractivity contribution in [3.8, 4) is 0 Å². The van der Waals surface area contributed by atoms with E-state index in [0.717, 1.165) is 18.8 Å². The number of Topliss-reactive ketones (excluding diaryl/α,β-unsaturated/α-hetero) is 1. The van der Waals surface area contributed by atoms with Crippen LogP contribution >= 0.6 is 0 Å². The Morgan fingerprint density at radius 1 is 1.04 bits per heavy atom. The standard InChI is InChI=1S/C20H33N5O/c1-16(2)12-10-8-6-4-3-5-7-9-11-13-18(26)20(21)24-14-17-19(25-20)23-15-22-17/h14-16H,3-13,21H2,1-2H3. The van der Waals surface area contributed by atoms with E-state index in [2.05, 4.69) is 33.8 Å². The van der Waals surface area contributed by atoms with Gasteiger partial charge in [0.25, 0.3) is 5.79 Å². The average Bonchev–Trinajstić information content (AvgIpc) is 3.06. The van der Waals surface area contributed by atoms with Gasteiger partial charge in [0.15, 0.2) is 11.6 Å². The highest BCUT2D eigenvalue weighted by Gasteiger charge is 2.36. The Bertz CT molecular complexity index is 591. The Hall–Kier alpha value is -1.69. The maximum absolute atomic E-state index is 12.4. The summed E-state index contributed by atoms with van der Waals surface area (Å²) < 4.78 is 0. The third-order valence-electron chi connectivity index (χ3n) is 4.86. The zero-order valence-corrected chi connectivity index (χ0v) is 16.3. The molecule has 0 aromatic carbocycles. The quantitative estimate of drug-likeness (QED) is 0.502. The van der Waals surface area contributed by atoms with Crippen LogP contribution in [0.3, 0.4) is 0 Å². The minimum atomic E-state index is -1.51. The molecule has 0 fully saturated rings. The molecule has 0 aromatic rings. The van der Waals surface area contributed by atoms with Crippen molar-refractivity contribution in [1.29, 1.82) is 0 Å². The van der Waals surface area contributed by atoms with Crippen molar-refractivity contribution in [2.45, 2.75) is 90.3 Å². The molecule has 2 aliphatic heterocycles. The summed E-state index contributed by atoms with van der Waals surface area (Å²) in [7, 11) is 0. The van der Waals surface area contributed by atoms with Gasteiger partial charge in [-0.1, -0.05) is 71.6 Å². The fraction of sp³-hybridized carbons (Fsp3) is 0.750. The molecule has 0 amide bonds. The fourth-order valence-corrected chi connectivity index (χ4v) is 3.19. The molecule has 0 saturated heterocycles. The molecule has 2 rings (SSSR count). The number of hydrogen-bond acceptors (Lipinski definition) is 6. The molecular weight excluding hydrogens is 326 g/mol. The third kappa shape index (κ3) is 6.56. The first-order valence-corrected chi connectivity index (χ1v) is 10.1. The van der Waals surface area contributed by atoms with Crippen molar-refractivity contribution < 1.29 is 4.79 Å². The van der Waals surface area contributed by atoms with Crippen LogP contribution < -0.4 is 5.73 Å². The minimum Gasteiger partial charge on any atom is -0.293 e. The van der Waals surface area contributed by atoms with Gasteiger partial charge in [-0.3, -0.25) is 10.5 Å². The number of ketones is 1. The molecule has 0 radical (unpaired) electrons. The highest BCUT2D eigenvalue weighted by Crippen LogP contribution is 2.18. The SMILES string of the molecule is CC(C)CCCCCCCCCCCC(=O)C1(N)N=CC2=NC=NC2=N1. The Morgan fingerprint density at radius 3 is 2.31 bits per heavy atom. The van der Waals surface area contributed by atoms with Crippen molar-refractivity contribution in [3.63, 3.8) is 0 Å². The number of amidine groups is 1. The van der Waals surface area contributed by atoms with Crippen molar-refractivity contribution in [2.24, 2.45) is 31.6 Å². The van der Waals surface area contributed by atoms with E-state index < -0.39 is 5.79 Å². The predicted molar refractivity (Wildman–Crippen MR) is 109 cm³/mol. The van der Waals surface area contributed by atoms with Crippen molar-refractivity contribution in [2.75, 3.05) is 0 Å². The molecule has 2 N–H and O–H groups in total. The molecule has 2 heterocycles. The van der Waals surface area contributed by atoms with Gasteiger partial charge < -0.3 is 0 Å². The number of carbonyl (C=O) groups is 1. The van der Waals surface area contributed by atoms with Crippen LogP contribution in [0.5, 0.6) is 0 Å². The molecule has 144 valence electrons. The van der Waals surface area contributed by atoms with E-state index in [1.165, 1.54) is 63.9 Å². The first-order valence-electron chi connectivity index (χ1n) is 10.1. The number of rotatable bonds is 13. The molecule has 0 aliphatic carbocycles. The van der Waals surface area contributed by atoms with Crippen molar-refractivity contribution >= 4 is 29.9 Å². The van der Waals surface area contributed by atoms with Crippen LogP contribution in [-0.2, 0) is 4.79 Å². The van der Waals surface area contributed by atoms with Gasteiger partial charge in [0.2, 0.25) is 0 Å². The van der Waals surface area contributed by atoms with Crippen LogP contribution in [0.2, 0.25) is 0 Å². The Labute approximate surface area is 157 Å². The summed E-state index contributed by atoms with van der Waals surface area (Å²) >= 11 is 0. The fourth-order valence-electron chi connectivity index (χ4n) is 3.19. The van der Waals surface area contributed by atoms with Crippen LogP contribution in [0.15, 0.2) is 20.0 Å². The summed E-state index contributed by atoms with van der Waals surface area (Å²) in [6.45, 7) is 4.58.